The maximum absolute atomic E-state index is 3.78. The number of aryl methyl sites for hydroxylation is 1. The monoisotopic (exact) mass is 202 g/mol. The maximum Gasteiger partial charge on any atom is 0.316 e. The molecule has 2 nitrogen and oxygen atoms in total. The van der Waals surface area contributed by atoms with E-state index in [1.54, 1.807) is 12.5 Å². The first kappa shape index (κ1) is 12.2. The first-order valence-electron chi connectivity index (χ1n) is 2.19. The van der Waals surface area contributed by atoms with Crippen molar-refractivity contribution in [3.63, 3.8) is 0 Å². The zero-order valence-corrected chi connectivity index (χ0v) is 6.59. The van der Waals surface area contributed by atoms with Gasteiger partial charge in [0.15, 0.2) is 0 Å². The summed E-state index contributed by atoms with van der Waals surface area (Å²) in [4.78, 5) is 3.78. The highest BCUT2D eigenvalue weighted by atomic mass is 79.9. The number of halogens is 1. The third-order valence-electron chi connectivity index (χ3n) is 0.637. The molecule has 0 aliphatic rings. The molecule has 4 heteroatoms. The number of hydrogen-bond donors (Lipinski definition) is 0. The van der Waals surface area contributed by atoms with Crippen molar-refractivity contribution in [3.05, 3.63) is 18.7 Å². The number of hydrogen-bond acceptors (Lipinski definition) is 1. The number of alkyl halides is 1. The Morgan fingerprint density at radius 2 is 2.00 bits per heavy atom. The average molecular weight is 203 g/mol. The highest BCUT2D eigenvalue weighted by Gasteiger charge is 1.69. The molecule has 0 bridgehead atoms. The van der Waals surface area contributed by atoms with Crippen LogP contribution in [0.2, 0.25) is 0 Å². The Morgan fingerprint density at radius 1 is 1.44 bits per heavy atom. The molecule has 0 aliphatic carbocycles. The Morgan fingerprint density at radius 3 is 2.11 bits per heavy atom. The molecule has 0 fully saturated rings. The summed E-state index contributed by atoms with van der Waals surface area (Å²) in [6, 6.07) is 0. The van der Waals surface area contributed by atoms with Crippen LogP contribution in [0, 0.1) is 0 Å². The maximum atomic E-state index is 3.78. The highest BCUT2D eigenvalue weighted by Crippen LogP contribution is 1.73. The van der Waals surface area contributed by atoms with Gasteiger partial charge in [0.05, 0.1) is 6.33 Å². The van der Waals surface area contributed by atoms with Gasteiger partial charge in [-0.25, -0.2) is 4.98 Å². The molecule has 1 heterocycles. The summed E-state index contributed by atoms with van der Waals surface area (Å²) < 4.78 is 1.89. The lowest BCUT2D eigenvalue weighted by Gasteiger charge is -1.76. The van der Waals surface area contributed by atoms with E-state index >= 15 is 0 Å². The Balaban J connectivity index is 0. The van der Waals surface area contributed by atoms with Crippen molar-refractivity contribution >= 4 is 39.0 Å². The van der Waals surface area contributed by atoms with E-state index in [-0.39, 0.29) is 23.1 Å². The van der Waals surface area contributed by atoms with Gasteiger partial charge >= 0.3 is 23.1 Å². The molecule has 1 aromatic rings. The summed E-state index contributed by atoms with van der Waals surface area (Å²) in [7, 11) is 1.94. The molecule has 1 rings (SSSR count). The van der Waals surface area contributed by atoms with E-state index in [1.807, 2.05) is 23.6 Å². The summed E-state index contributed by atoms with van der Waals surface area (Å²) in [5.74, 6) is 1.81. The summed E-state index contributed by atoms with van der Waals surface area (Å²) >= 11 is 2.94. The quantitative estimate of drug-likeness (QED) is 0.444. The van der Waals surface area contributed by atoms with Crippen molar-refractivity contribution in [1.82, 2.24) is 9.55 Å². The largest absolute Gasteiger partial charge is 0.341 e. The first-order valence-corrected chi connectivity index (χ1v) is 3.78. The van der Waals surface area contributed by atoms with E-state index in [9.17, 15) is 0 Å². The Kier molecular flexibility index (Phi) is 11.4. The minimum absolute atomic E-state index is 0. The van der Waals surface area contributed by atoms with Crippen LogP contribution in [0.3, 0.4) is 0 Å². The lowest BCUT2D eigenvalue weighted by Crippen LogP contribution is -1.76. The Labute approximate surface area is 79.9 Å². The molecule has 50 valence electrons. The van der Waals surface area contributed by atoms with Crippen LogP contribution in [0.4, 0.5) is 0 Å². The summed E-state index contributed by atoms with van der Waals surface area (Å²) in [6.45, 7) is 0. The van der Waals surface area contributed by atoms with E-state index < -0.39 is 0 Å². The molecule has 0 N–H and O–H groups in total. The van der Waals surface area contributed by atoms with Gasteiger partial charge in [-0.05, 0) is 5.83 Å². The average Bonchev–Trinajstić information content (AvgIpc) is 2.24. The molecule has 0 unspecified atom stereocenters. The number of aromatic nitrogens is 2. The first-order chi connectivity index (χ1) is 3.89. The van der Waals surface area contributed by atoms with Gasteiger partial charge in [-0.3, -0.25) is 0 Å². The Bertz CT molecular complexity index is 119. The van der Waals surface area contributed by atoms with E-state index in [4.69, 9.17) is 0 Å². The fraction of sp³-hybridized carbons (Fsp3) is 0.400. The number of imidazole rings is 1. The highest BCUT2D eigenvalue weighted by molar-refractivity contribution is 9.08. The van der Waals surface area contributed by atoms with Crippen molar-refractivity contribution in [3.8, 4) is 0 Å². The van der Waals surface area contributed by atoms with Gasteiger partial charge in [0, 0.05) is 19.4 Å². The van der Waals surface area contributed by atoms with E-state index in [1.165, 1.54) is 0 Å². The Hall–Kier alpha value is 0.456. The molecule has 0 saturated heterocycles. The van der Waals surface area contributed by atoms with Gasteiger partial charge in [-0.1, -0.05) is 15.9 Å². The van der Waals surface area contributed by atoms with Gasteiger partial charge in [0.25, 0.3) is 0 Å². The summed E-state index contributed by atoms with van der Waals surface area (Å²) in [5.41, 5.74) is 0. The van der Waals surface area contributed by atoms with Crippen molar-refractivity contribution in [2.45, 2.75) is 0 Å². The SMILES string of the molecule is CBr.Cn1ccnc1.[MgH2]. The lowest BCUT2D eigenvalue weighted by atomic mass is 10.9. The molecule has 0 radical (unpaired) electrons. The molecule has 0 saturated carbocycles. The predicted molar refractivity (Wildman–Crippen MR) is 46.6 cm³/mol. The molecular formula is C5H11BrMgN2. The summed E-state index contributed by atoms with van der Waals surface area (Å²) in [5, 5.41) is 0. The van der Waals surface area contributed by atoms with Crippen LogP contribution < -0.4 is 0 Å². The second-order valence-electron chi connectivity index (χ2n) is 1.23. The molecule has 1 aromatic heterocycles. The second kappa shape index (κ2) is 8.46. The minimum Gasteiger partial charge on any atom is -0.341 e. The molecule has 0 aliphatic heterocycles. The fourth-order valence-corrected chi connectivity index (χ4v) is 0.326. The van der Waals surface area contributed by atoms with E-state index in [2.05, 4.69) is 20.9 Å². The van der Waals surface area contributed by atoms with Crippen molar-refractivity contribution in [2.75, 3.05) is 5.83 Å². The van der Waals surface area contributed by atoms with Gasteiger partial charge in [-0.15, -0.1) is 0 Å². The van der Waals surface area contributed by atoms with Crippen LogP contribution >= 0.6 is 15.9 Å². The minimum atomic E-state index is 0. The van der Waals surface area contributed by atoms with Gasteiger partial charge < -0.3 is 4.57 Å². The molecule has 0 aromatic carbocycles. The third-order valence-corrected chi connectivity index (χ3v) is 0.637. The topological polar surface area (TPSA) is 17.8 Å². The predicted octanol–water partition coefficient (Wildman–Crippen LogP) is 0.515. The van der Waals surface area contributed by atoms with Gasteiger partial charge in [-0.2, -0.15) is 0 Å². The van der Waals surface area contributed by atoms with Crippen LogP contribution in [-0.4, -0.2) is 38.4 Å². The van der Waals surface area contributed by atoms with E-state index in [0.29, 0.717) is 0 Å². The standard InChI is InChI=1S/C4H6N2.CH3Br.Mg.2H/c1-6-3-2-5-4-6;1-2;;;/h2-4H,1H3;1H3;;;. The third kappa shape index (κ3) is 6.34. The van der Waals surface area contributed by atoms with Crippen LogP contribution in [0.15, 0.2) is 18.7 Å². The number of rotatable bonds is 0. The van der Waals surface area contributed by atoms with Crippen LogP contribution in [0.25, 0.3) is 0 Å². The molecule has 9 heavy (non-hydrogen) atoms. The summed E-state index contributed by atoms with van der Waals surface area (Å²) in [6.07, 6.45) is 5.39. The van der Waals surface area contributed by atoms with Gasteiger partial charge in [0.2, 0.25) is 0 Å². The van der Waals surface area contributed by atoms with Crippen LogP contribution in [-0.2, 0) is 7.05 Å². The normalized spacial score (nSPS) is 6.56. The van der Waals surface area contributed by atoms with Crippen molar-refractivity contribution in [1.29, 1.82) is 0 Å². The zero-order chi connectivity index (χ0) is 6.41. The zero-order valence-electron chi connectivity index (χ0n) is 5.00. The van der Waals surface area contributed by atoms with Gasteiger partial charge in [0.1, 0.15) is 0 Å². The molecular weight excluding hydrogens is 192 g/mol. The molecule has 0 amide bonds. The number of nitrogens with zero attached hydrogens (tertiary/aromatic N) is 2. The van der Waals surface area contributed by atoms with Crippen molar-refractivity contribution in [2.24, 2.45) is 7.05 Å². The van der Waals surface area contributed by atoms with Crippen LogP contribution in [0.1, 0.15) is 0 Å². The van der Waals surface area contributed by atoms with Crippen LogP contribution in [0.5, 0.6) is 0 Å². The van der Waals surface area contributed by atoms with Crippen molar-refractivity contribution < 1.29 is 0 Å². The fourth-order valence-electron chi connectivity index (χ4n) is 0.326. The molecule has 0 spiro atoms. The second-order valence-corrected chi connectivity index (χ2v) is 1.23. The smallest absolute Gasteiger partial charge is 0.316 e. The lowest BCUT2D eigenvalue weighted by molar-refractivity contribution is 0.913. The van der Waals surface area contributed by atoms with E-state index in [0.717, 1.165) is 0 Å². The molecule has 0 atom stereocenters.